The number of esters is 1. The van der Waals surface area contributed by atoms with Gasteiger partial charge >= 0.3 is 5.97 Å². The summed E-state index contributed by atoms with van der Waals surface area (Å²) in [5, 5.41) is 0. The average molecular weight is 209 g/mol. The van der Waals surface area contributed by atoms with Gasteiger partial charge in [0.15, 0.2) is 0 Å². The van der Waals surface area contributed by atoms with Gasteiger partial charge in [0, 0.05) is 6.20 Å². The normalized spacial score (nSPS) is 10.9. The second-order valence-corrected chi connectivity index (χ2v) is 4.12. The molecule has 0 saturated carbocycles. The molecule has 1 aromatic heterocycles. The summed E-state index contributed by atoms with van der Waals surface area (Å²) in [6.07, 6.45) is 3.01. The van der Waals surface area contributed by atoms with Crippen molar-refractivity contribution in [3.05, 3.63) is 24.0 Å². The van der Waals surface area contributed by atoms with Crippen molar-refractivity contribution in [3.63, 3.8) is 0 Å². The van der Waals surface area contributed by atoms with E-state index >= 15 is 0 Å². The molecular formula is C11H15NO3. The number of nitrogens with zero attached hydrogens (tertiary/aromatic N) is 1. The number of rotatable bonds is 2. The third-order valence-electron chi connectivity index (χ3n) is 1.56. The lowest BCUT2D eigenvalue weighted by Crippen LogP contribution is -2.23. The van der Waals surface area contributed by atoms with Crippen LogP contribution < -0.4 is 4.74 Å². The summed E-state index contributed by atoms with van der Waals surface area (Å²) in [4.78, 5) is 15.1. The number of hydrogen-bond donors (Lipinski definition) is 0. The van der Waals surface area contributed by atoms with Crippen LogP contribution in [0.25, 0.3) is 0 Å². The summed E-state index contributed by atoms with van der Waals surface area (Å²) < 4.78 is 10.2. The fourth-order valence-electron chi connectivity index (χ4n) is 1.06. The third-order valence-corrected chi connectivity index (χ3v) is 1.56. The van der Waals surface area contributed by atoms with Crippen molar-refractivity contribution in [2.24, 2.45) is 0 Å². The Labute approximate surface area is 89.2 Å². The van der Waals surface area contributed by atoms with Gasteiger partial charge in [-0.3, -0.25) is 4.98 Å². The number of ether oxygens (including phenoxy) is 2. The Hall–Kier alpha value is -1.58. The minimum atomic E-state index is -0.415. The molecule has 0 atom stereocenters. The summed E-state index contributed by atoms with van der Waals surface area (Å²) in [7, 11) is 1.33. The number of carbonyl (C=O) groups is 1. The van der Waals surface area contributed by atoms with Crippen LogP contribution in [0, 0.1) is 0 Å². The van der Waals surface area contributed by atoms with Gasteiger partial charge in [0.25, 0.3) is 0 Å². The summed E-state index contributed by atoms with van der Waals surface area (Å²) >= 11 is 0. The molecule has 0 aromatic carbocycles. The third kappa shape index (κ3) is 3.58. The van der Waals surface area contributed by atoms with Gasteiger partial charge in [0.1, 0.15) is 11.4 Å². The van der Waals surface area contributed by atoms with E-state index < -0.39 is 5.97 Å². The van der Waals surface area contributed by atoms with E-state index in [0.717, 1.165) is 0 Å². The van der Waals surface area contributed by atoms with E-state index in [1.165, 1.54) is 13.3 Å². The highest BCUT2D eigenvalue weighted by Crippen LogP contribution is 2.18. The van der Waals surface area contributed by atoms with Crippen molar-refractivity contribution in [1.29, 1.82) is 0 Å². The fourth-order valence-corrected chi connectivity index (χ4v) is 1.06. The largest absolute Gasteiger partial charge is 0.487 e. The number of carbonyl (C=O) groups excluding carboxylic acids is 1. The summed E-state index contributed by atoms with van der Waals surface area (Å²) in [6, 6.07) is 1.62. The summed E-state index contributed by atoms with van der Waals surface area (Å²) in [5.41, 5.74) is 0.0791. The van der Waals surface area contributed by atoms with Crippen molar-refractivity contribution >= 4 is 5.97 Å². The van der Waals surface area contributed by atoms with Crippen molar-refractivity contribution in [2.45, 2.75) is 26.4 Å². The Morgan fingerprint density at radius 3 is 2.53 bits per heavy atom. The molecule has 0 aliphatic rings. The van der Waals surface area contributed by atoms with Crippen LogP contribution in [0.4, 0.5) is 0 Å². The van der Waals surface area contributed by atoms with Gasteiger partial charge in [-0.25, -0.2) is 4.79 Å². The molecule has 0 N–H and O–H groups in total. The molecule has 4 heteroatoms. The molecule has 15 heavy (non-hydrogen) atoms. The quantitative estimate of drug-likeness (QED) is 0.699. The standard InChI is InChI=1S/C11H15NO3/c1-11(2,3)15-9-5-8(6-12-7-9)10(13)14-4/h5-7H,1-4H3. The molecule has 1 aromatic rings. The van der Waals surface area contributed by atoms with E-state index in [4.69, 9.17) is 4.74 Å². The van der Waals surface area contributed by atoms with Crippen LogP contribution in [0.3, 0.4) is 0 Å². The molecule has 0 fully saturated rings. The molecular weight excluding hydrogens is 194 g/mol. The molecule has 1 rings (SSSR count). The lowest BCUT2D eigenvalue weighted by molar-refractivity contribution is 0.0598. The van der Waals surface area contributed by atoms with Crippen molar-refractivity contribution in [3.8, 4) is 5.75 Å². The average Bonchev–Trinajstić information content (AvgIpc) is 2.14. The Balaban J connectivity index is 2.88. The molecule has 0 unspecified atom stereocenters. The molecule has 0 bridgehead atoms. The van der Waals surface area contributed by atoms with Gasteiger partial charge in [-0.2, -0.15) is 0 Å². The highest BCUT2D eigenvalue weighted by atomic mass is 16.5. The highest BCUT2D eigenvalue weighted by Gasteiger charge is 2.13. The number of hydrogen-bond acceptors (Lipinski definition) is 4. The lowest BCUT2D eigenvalue weighted by atomic mass is 10.2. The minimum absolute atomic E-state index is 0.309. The van der Waals surface area contributed by atoms with Gasteiger partial charge in [0.2, 0.25) is 0 Å². The molecule has 0 amide bonds. The molecule has 0 aliphatic heterocycles. The predicted molar refractivity (Wildman–Crippen MR) is 56.0 cm³/mol. The Bertz CT molecular complexity index is 355. The maximum Gasteiger partial charge on any atom is 0.339 e. The van der Waals surface area contributed by atoms with E-state index in [9.17, 15) is 4.79 Å². The van der Waals surface area contributed by atoms with Gasteiger partial charge < -0.3 is 9.47 Å². The Morgan fingerprint density at radius 1 is 1.33 bits per heavy atom. The topological polar surface area (TPSA) is 48.4 Å². The first-order valence-corrected chi connectivity index (χ1v) is 4.65. The van der Waals surface area contributed by atoms with Crippen LogP contribution in [0.2, 0.25) is 0 Å². The second kappa shape index (κ2) is 4.29. The van der Waals surface area contributed by atoms with Crippen LogP contribution in [0.15, 0.2) is 18.5 Å². The molecule has 1 heterocycles. The van der Waals surface area contributed by atoms with Crippen LogP contribution in [0.1, 0.15) is 31.1 Å². The first-order chi connectivity index (χ1) is 6.92. The summed E-state index contributed by atoms with van der Waals surface area (Å²) in [5.74, 6) is 0.146. The van der Waals surface area contributed by atoms with Crippen LogP contribution in [-0.2, 0) is 4.74 Å². The lowest BCUT2D eigenvalue weighted by Gasteiger charge is -2.20. The van der Waals surface area contributed by atoms with Crippen molar-refractivity contribution in [2.75, 3.05) is 7.11 Å². The molecule has 0 saturated heterocycles. The molecule has 82 valence electrons. The molecule has 4 nitrogen and oxygen atoms in total. The summed E-state index contributed by atoms with van der Waals surface area (Å²) in [6.45, 7) is 5.79. The van der Waals surface area contributed by atoms with E-state index in [1.54, 1.807) is 12.3 Å². The van der Waals surface area contributed by atoms with Crippen LogP contribution >= 0.6 is 0 Å². The van der Waals surface area contributed by atoms with E-state index in [-0.39, 0.29) is 5.60 Å². The molecule has 0 radical (unpaired) electrons. The van der Waals surface area contributed by atoms with E-state index in [2.05, 4.69) is 9.72 Å². The highest BCUT2D eigenvalue weighted by molar-refractivity contribution is 5.89. The van der Waals surface area contributed by atoms with Gasteiger partial charge in [-0.15, -0.1) is 0 Å². The van der Waals surface area contributed by atoms with E-state index in [0.29, 0.717) is 11.3 Å². The first-order valence-electron chi connectivity index (χ1n) is 4.65. The minimum Gasteiger partial charge on any atom is -0.487 e. The van der Waals surface area contributed by atoms with Crippen LogP contribution in [-0.4, -0.2) is 23.7 Å². The monoisotopic (exact) mass is 209 g/mol. The van der Waals surface area contributed by atoms with Gasteiger partial charge in [0.05, 0.1) is 18.9 Å². The number of pyridine rings is 1. The van der Waals surface area contributed by atoms with Crippen molar-refractivity contribution < 1.29 is 14.3 Å². The second-order valence-electron chi connectivity index (χ2n) is 4.12. The van der Waals surface area contributed by atoms with Gasteiger partial charge in [-0.05, 0) is 26.8 Å². The zero-order valence-corrected chi connectivity index (χ0v) is 9.40. The van der Waals surface area contributed by atoms with E-state index in [1.807, 2.05) is 20.8 Å². The van der Waals surface area contributed by atoms with Crippen LogP contribution in [0.5, 0.6) is 5.75 Å². The van der Waals surface area contributed by atoms with Crippen molar-refractivity contribution in [1.82, 2.24) is 4.98 Å². The zero-order chi connectivity index (χ0) is 11.5. The predicted octanol–water partition coefficient (Wildman–Crippen LogP) is 2.05. The molecule has 0 aliphatic carbocycles. The fraction of sp³-hybridized carbons (Fsp3) is 0.455. The smallest absolute Gasteiger partial charge is 0.339 e. The number of methoxy groups -OCH3 is 1. The first kappa shape index (κ1) is 11.5. The van der Waals surface area contributed by atoms with Gasteiger partial charge in [-0.1, -0.05) is 0 Å². The number of aromatic nitrogens is 1. The SMILES string of the molecule is COC(=O)c1cncc(OC(C)(C)C)c1. The molecule has 0 spiro atoms. The zero-order valence-electron chi connectivity index (χ0n) is 9.40. The maximum atomic E-state index is 11.2. The Kier molecular flexibility index (Phi) is 3.29. The maximum absolute atomic E-state index is 11.2. The Morgan fingerprint density at radius 2 is 2.00 bits per heavy atom.